The Morgan fingerprint density at radius 1 is 1.27 bits per heavy atom. The summed E-state index contributed by atoms with van der Waals surface area (Å²) in [4.78, 5) is 12.2. The van der Waals surface area contributed by atoms with Gasteiger partial charge in [0.25, 0.3) is 0 Å². The third-order valence-electron chi connectivity index (χ3n) is 3.78. The van der Waals surface area contributed by atoms with Crippen molar-refractivity contribution in [3.05, 3.63) is 35.5 Å². The Balaban J connectivity index is 1.43. The zero-order valence-electron chi connectivity index (χ0n) is 12.6. The highest BCUT2D eigenvalue weighted by Gasteiger charge is 2.15. The molecule has 5 nitrogen and oxygen atoms in total. The Kier molecular flexibility index (Phi) is 5.50. The van der Waals surface area contributed by atoms with Crippen LogP contribution in [-0.2, 0) is 6.54 Å². The summed E-state index contributed by atoms with van der Waals surface area (Å²) in [6, 6.07) is 5.84. The largest absolute Gasteiger partial charge is 0.390 e. The third kappa shape index (κ3) is 4.33. The second-order valence-electron chi connectivity index (χ2n) is 5.64. The van der Waals surface area contributed by atoms with Crippen LogP contribution in [-0.4, -0.2) is 52.3 Å². The molecule has 22 heavy (non-hydrogen) atoms. The van der Waals surface area contributed by atoms with E-state index in [2.05, 4.69) is 20.2 Å². The van der Waals surface area contributed by atoms with Gasteiger partial charge in [-0.1, -0.05) is 6.07 Å². The number of hydrogen-bond donors (Lipinski definition) is 2. The first-order chi connectivity index (χ1) is 10.8. The predicted octanol–water partition coefficient (Wildman–Crippen LogP) is 1.75. The van der Waals surface area contributed by atoms with Gasteiger partial charge in [-0.25, -0.2) is 4.98 Å². The molecular weight excluding hydrogens is 296 g/mol. The number of aliphatic hydroxyl groups excluding tert-OH is 1. The van der Waals surface area contributed by atoms with E-state index < -0.39 is 0 Å². The van der Waals surface area contributed by atoms with Crippen LogP contribution in [0.1, 0.15) is 17.7 Å². The van der Waals surface area contributed by atoms with Gasteiger partial charge >= 0.3 is 0 Å². The van der Waals surface area contributed by atoms with Crippen molar-refractivity contribution < 1.29 is 5.11 Å². The number of aliphatic hydroxyl groups is 1. The molecular formula is C16H22N4OS. The molecule has 0 aliphatic carbocycles. The molecule has 0 radical (unpaired) electrons. The molecule has 2 aromatic heterocycles. The van der Waals surface area contributed by atoms with Crippen molar-refractivity contribution in [2.75, 3.05) is 26.2 Å². The van der Waals surface area contributed by atoms with Gasteiger partial charge in [0, 0.05) is 36.9 Å². The molecule has 0 aromatic carbocycles. The van der Waals surface area contributed by atoms with Crippen molar-refractivity contribution in [1.82, 2.24) is 20.2 Å². The van der Waals surface area contributed by atoms with Crippen LogP contribution >= 0.6 is 11.3 Å². The molecule has 0 amide bonds. The van der Waals surface area contributed by atoms with Crippen molar-refractivity contribution in [2.24, 2.45) is 0 Å². The van der Waals surface area contributed by atoms with Crippen LogP contribution in [0.5, 0.6) is 0 Å². The van der Waals surface area contributed by atoms with Gasteiger partial charge in [0.05, 0.1) is 11.8 Å². The van der Waals surface area contributed by atoms with E-state index in [9.17, 15) is 5.11 Å². The minimum atomic E-state index is -0.304. The molecule has 2 aromatic rings. The first-order valence-corrected chi connectivity index (χ1v) is 8.60. The summed E-state index contributed by atoms with van der Waals surface area (Å²) in [6.45, 7) is 4.38. The summed E-state index contributed by atoms with van der Waals surface area (Å²) in [7, 11) is 0. The van der Waals surface area contributed by atoms with Crippen molar-refractivity contribution in [3.63, 3.8) is 0 Å². The fourth-order valence-electron chi connectivity index (χ4n) is 2.69. The number of thiazole rings is 1. The molecule has 1 aliphatic heterocycles. The van der Waals surface area contributed by atoms with E-state index in [1.165, 1.54) is 12.8 Å². The lowest BCUT2D eigenvalue weighted by atomic mass is 10.3. The van der Waals surface area contributed by atoms with E-state index >= 15 is 0 Å². The minimum absolute atomic E-state index is 0.304. The Morgan fingerprint density at radius 2 is 2.14 bits per heavy atom. The SMILES string of the molecule is OC(CNCc1cnc(-c2ccccn2)s1)CN1CCCC1. The molecule has 1 unspecified atom stereocenters. The monoisotopic (exact) mass is 318 g/mol. The fourth-order valence-corrected chi connectivity index (χ4v) is 3.55. The number of rotatable bonds is 7. The molecule has 1 saturated heterocycles. The number of nitrogens with one attached hydrogen (secondary N) is 1. The second kappa shape index (κ2) is 7.78. The molecule has 1 fully saturated rings. The van der Waals surface area contributed by atoms with Crippen molar-refractivity contribution in [1.29, 1.82) is 0 Å². The molecule has 1 aliphatic rings. The van der Waals surface area contributed by atoms with E-state index in [0.29, 0.717) is 6.54 Å². The number of hydrogen-bond acceptors (Lipinski definition) is 6. The number of nitrogens with zero attached hydrogens (tertiary/aromatic N) is 3. The fraction of sp³-hybridized carbons (Fsp3) is 0.500. The average Bonchev–Trinajstić information content (AvgIpc) is 3.20. The van der Waals surface area contributed by atoms with Crippen molar-refractivity contribution in [2.45, 2.75) is 25.5 Å². The molecule has 3 rings (SSSR count). The first-order valence-electron chi connectivity index (χ1n) is 7.78. The van der Waals surface area contributed by atoms with Gasteiger partial charge in [0.2, 0.25) is 0 Å². The molecule has 6 heteroatoms. The van der Waals surface area contributed by atoms with E-state index in [4.69, 9.17) is 0 Å². The van der Waals surface area contributed by atoms with Crippen molar-refractivity contribution in [3.8, 4) is 10.7 Å². The number of aromatic nitrogens is 2. The second-order valence-corrected chi connectivity index (χ2v) is 6.75. The van der Waals surface area contributed by atoms with Gasteiger partial charge < -0.3 is 15.3 Å². The van der Waals surface area contributed by atoms with Gasteiger partial charge in [-0.05, 0) is 38.1 Å². The Morgan fingerprint density at radius 3 is 2.91 bits per heavy atom. The van der Waals surface area contributed by atoms with Crippen LogP contribution in [0.25, 0.3) is 10.7 Å². The van der Waals surface area contributed by atoms with E-state index in [1.807, 2.05) is 24.4 Å². The van der Waals surface area contributed by atoms with Gasteiger partial charge in [0.1, 0.15) is 5.01 Å². The Bertz CT molecular complexity index is 569. The highest BCUT2D eigenvalue weighted by molar-refractivity contribution is 7.14. The summed E-state index contributed by atoms with van der Waals surface area (Å²) in [5, 5.41) is 14.3. The van der Waals surface area contributed by atoms with Crippen LogP contribution in [0, 0.1) is 0 Å². The van der Waals surface area contributed by atoms with E-state index in [0.717, 1.165) is 41.8 Å². The Hall–Kier alpha value is -1.34. The molecule has 3 heterocycles. The van der Waals surface area contributed by atoms with E-state index in [1.54, 1.807) is 17.5 Å². The maximum Gasteiger partial charge on any atom is 0.142 e. The standard InChI is InChI=1S/C16H22N4OS/c21-13(12-20-7-3-4-8-20)9-17-10-14-11-19-16(22-14)15-5-1-2-6-18-15/h1-2,5-6,11,13,17,21H,3-4,7-10,12H2. The number of pyridine rings is 1. The van der Waals surface area contributed by atoms with Crippen LogP contribution in [0.2, 0.25) is 0 Å². The van der Waals surface area contributed by atoms with Gasteiger partial charge in [0.15, 0.2) is 0 Å². The van der Waals surface area contributed by atoms with Crippen LogP contribution in [0.3, 0.4) is 0 Å². The average molecular weight is 318 g/mol. The maximum atomic E-state index is 10.0. The normalized spacial score (nSPS) is 17.0. The number of likely N-dealkylation sites (tertiary alicyclic amines) is 1. The van der Waals surface area contributed by atoms with Gasteiger partial charge in [-0.3, -0.25) is 4.98 Å². The zero-order chi connectivity index (χ0) is 15.2. The summed E-state index contributed by atoms with van der Waals surface area (Å²) < 4.78 is 0. The lowest BCUT2D eigenvalue weighted by molar-refractivity contribution is 0.123. The van der Waals surface area contributed by atoms with Gasteiger partial charge in [-0.2, -0.15) is 0 Å². The highest BCUT2D eigenvalue weighted by Crippen LogP contribution is 2.22. The third-order valence-corrected chi connectivity index (χ3v) is 4.80. The summed E-state index contributed by atoms with van der Waals surface area (Å²) in [6.07, 6.45) is 5.88. The first kappa shape index (κ1) is 15.6. The smallest absolute Gasteiger partial charge is 0.142 e. The molecule has 0 saturated carbocycles. The molecule has 1 atom stereocenters. The zero-order valence-corrected chi connectivity index (χ0v) is 13.4. The lowest BCUT2D eigenvalue weighted by Gasteiger charge is -2.19. The number of β-amino-alcohol motifs (C(OH)–C–C–N with tert-alkyl or cyclic N) is 1. The minimum Gasteiger partial charge on any atom is -0.390 e. The highest BCUT2D eigenvalue weighted by atomic mass is 32.1. The van der Waals surface area contributed by atoms with Crippen LogP contribution in [0.15, 0.2) is 30.6 Å². The van der Waals surface area contributed by atoms with Crippen LogP contribution < -0.4 is 5.32 Å². The predicted molar refractivity (Wildman–Crippen MR) is 88.7 cm³/mol. The summed E-state index contributed by atoms with van der Waals surface area (Å²) in [5.41, 5.74) is 0.910. The topological polar surface area (TPSA) is 61.3 Å². The Labute approximate surface area is 135 Å². The summed E-state index contributed by atoms with van der Waals surface area (Å²) in [5.74, 6) is 0. The molecule has 118 valence electrons. The van der Waals surface area contributed by atoms with E-state index in [-0.39, 0.29) is 6.10 Å². The molecule has 0 spiro atoms. The lowest BCUT2D eigenvalue weighted by Crippen LogP contribution is -2.36. The summed E-state index contributed by atoms with van der Waals surface area (Å²) >= 11 is 1.64. The quantitative estimate of drug-likeness (QED) is 0.814. The van der Waals surface area contributed by atoms with Gasteiger partial charge in [-0.15, -0.1) is 11.3 Å². The maximum absolute atomic E-state index is 10.0. The van der Waals surface area contributed by atoms with Crippen molar-refractivity contribution >= 4 is 11.3 Å². The molecule has 2 N–H and O–H groups in total. The molecule has 0 bridgehead atoms. The van der Waals surface area contributed by atoms with Crippen LogP contribution in [0.4, 0.5) is 0 Å².